The molecule has 184 valence electrons. The lowest BCUT2D eigenvalue weighted by atomic mass is 10.0. The van der Waals surface area contributed by atoms with Gasteiger partial charge in [-0.3, -0.25) is 9.69 Å². The average Bonchev–Trinajstić information content (AvgIpc) is 2.84. The summed E-state index contributed by atoms with van der Waals surface area (Å²) >= 11 is 0. The highest BCUT2D eigenvalue weighted by Crippen LogP contribution is 2.30. The second-order valence-electron chi connectivity index (χ2n) is 9.29. The molecule has 1 N–H and O–H groups in total. The molecule has 2 fully saturated rings. The SMILES string of the molecule is Cc1ccc(NC2CCN(C(=O)CCN3CCN(c4ccc(C(F)(F)F)cc4)CC3)CC2)cc1. The molecule has 2 aliphatic heterocycles. The molecule has 0 bridgehead atoms. The van der Waals surface area contributed by atoms with Crippen molar-refractivity contribution in [1.82, 2.24) is 9.80 Å². The van der Waals surface area contributed by atoms with Crippen molar-refractivity contribution in [3.05, 3.63) is 59.7 Å². The fourth-order valence-electron chi connectivity index (χ4n) is 4.66. The zero-order chi connectivity index (χ0) is 24.1. The number of likely N-dealkylation sites (tertiary alicyclic amines) is 1. The Morgan fingerprint density at radius 1 is 0.912 bits per heavy atom. The van der Waals surface area contributed by atoms with Gasteiger partial charge in [0.1, 0.15) is 0 Å². The number of carbonyl (C=O) groups excluding carboxylic acids is 1. The molecule has 5 nitrogen and oxygen atoms in total. The van der Waals surface area contributed by atoms with E-state index in [1.807, 2.05) is 4.90 Å². The first-order valence-electron chi connectivity index (χ1n) is 12.0. The standard InChI is InChI=1S/C26H33F3N4O/c1-20-2-6-22(7-3-20)30-23-10-14-33(15-11-23)25(34)12-13-31-16-18-32(19-17-31)24-8-4-21(5-9-24)26(27,28)29/h2-9,23,30H,10-19H2,1H3. The van der Waals surface area contributed by atoms with Crippen LogP contribution in [0.4, 0.5) is 24.5 Å². The van der Waals surface area contributed by atoms with E-state index in [0.717, 1.165) is 82.2 Å². The van der Waals surface area contributed by atoms with Crippen LogP contribution in [0.25, 0.3) is 0 Å². The summed E-state index contributed by atoms with van der Waals surface area (Å²) < 4.78 is 38.3. The molecular formula is C26H33F3N4O. The number of hydrogen-bond donors (Lipinski definition) is 1. The maximum Gasteiger partial charge on any atom is 0.416 e. The molecule has 0 unspecified atom stereocenters. The van der Waals surface area contributed by atoms with E-state index in [1.54, 1.807) is 12.1 Å². The van der Waals surface area contributed by atoms with E-state index in [1.165, 1.54) is 5.56 Å². The summed E-state index contributed by atoms with van der Waals surface area (Å²) in [5, 5.41) is 3.57. The Morgan fingerprint density at radius 3 is 2.12 bits per heavy atom. The first-order valence-corrected chi connectivity index (χ1v) is 12.0. The number of anilines is 2. The number of nitrogens with one attached hydrogen (secondary N) is 1. The molecule has 2 aliphatic rings. The van der Waals surface area contributed by atoms with Gasteiger partial charge >= 0.3 is 6.18 Å². The van der Waals surface area contributed by atoms with Crippen LogP contribution in [0.5, 0.6) is 0 Å². The van der Waals surface area contributed by atoms with Crippen LogP contribution in [0.1, 0.15) is 30.4 Å². The van der Waals surface area contributed by atoms with E-state index >= 15 is 0 Å². The Labute approximate surface area is 199 Å². The number of hydrogen-bond acceptors (Lipinski definition) is 4. The van der Waals surface area contributed by atoms with Crippen molar-refractivity contribution >= 4 is 17.3 Å². The van der Waals surface area contributed by atoms with Crippen LogP contribution in [0.3, 0.4) is 0 Å². The Balaban J connectivity index is 1.15. The summed E-state index contributed by atoms with van der Waals surface area (Å²) in [6.45, 7) is 7.46. The van der Waals surface area contributed by atoms with Crippen LogP contribution < -0.4 is 10.2 Å². The van der Waals surface area contributed by atoms with E-state index in [-0.39, 0.29) is 5.91 Å². The minimum atomic E-state index is -4.31. The number of halogens is 3. The van der Waals surface area contributed by atoms with Gasteiger partial charge in [-0.2, -0.15) is 13.2 Å². The summed E-state index contributed by atoms with van der Waals surface area (Å²) in [6.07, 6.45) is -1.90. The largest absolute Gasteiger partial charge is 0.416 e. The maximum absolute atomic E-state index is 12.8. The van der Waals surface area contributed by atoms with E-state index in [9.17, 15) is 18.0 Å². The Hall–Kier alpha value is -2.74. The van der Waals surface area contributed by atoms with Crippen molar-refractivity contribution in [2.75, 3.05) is 56.0 Å². The van der Waals surface area contributed by atoms with Gasteiger partial charge < -0.3 is 15.1 Å². The zero-order valence-electron chi connectivity index (χ0n) is 19.7. The van der Waals surface area contributed by atoms with E-state index in [4.69, 9.17) is 0 Å². The quantitative estimate of drug-likeness (QED) is 0.663. The van der Waals surface area contributed by atoms with Gasteiger partial charge in [-0.15, -0.1) is 0 Å². The van der Waals surface area contributed by atoms with Crippen molar-refractivity contribution in [3.63, 3.8) is 0 Å². The van der Waals surface area contributed by atoms with Crippen LogP contribution in [-0.2, 0) is 11.0 Å². The summed E-state index contributed by atoms with van der Waals surface area (Å²) in [4.78, 5) is 19.1. The number of nitrogens with zero attached hydrogens (tertiary/aromatic N) is 3. The third kappa shape index (κ3) is 6.44. The highest BCUT2D eigenvalue weighted by atomic mass is 19.4. The molecular weight excluding hydrogens is 441 g/mol. The second kappa shape index (κ2) is 10.7. The summed E-state index contributed by atoms with van der Waals surface area (Å²) in [7, 11) is 0. The van der Waals surface area contributed by atoms with E-state index in [0.29, 0.717) is 12.5 Å². The first kappa shape index (κ1) is 24.4. The van der Waals surface area contributed by atoms with Crippen molar-refractivity contribution in [1.29, 1.82) is 0 Å². The van der Waals surface area contributed by atoms with Gasteiger partial charge in [-0.25, -0.2) is 0 Å². The molecule has 0 saturated carbocycles. The summed E-state index contributed by atoms with van der Waals surface area (Å²) in [5.74, 6) is 0.207. The number of aryl methyl sites for hydroxylation is 1. The van der Waals surface area contributed by atoms with E-state index in [2.05, 4.69) is 46.3 Å². The third-order valence-corrected chi connectivity index (χ3v) is 6.84. The monoisotopic (exact) mass is 474 g/mol. The predicted octanol–water partition coefficient (Wildman–Crippen LogP) is 4.63. The molecule has 0 spiro atoms. The highest BCUT2D eigenvalue weighted by Gasteiger charge is 2.30. The van der Waals surface area contributed by atoms with Gasteiger partial charge in [0.2, 0.25) is 5.91 Å². The zero-order valence-corrected chi connectivity index (χ0v) is 19.7. The Morgan fingerprint density at radius 2 is 1.53 bits per heavy atom. The second-order valence-corrected chi connectivity index (χ2v) is 9.29. The fourth-order valence-corrected chi connectivity index (χ4v) is 4.66. The summed E-state index contributed by atoms with van der Waals surface area (Å²) in [6, 6.07) is 14.2. The molecule has 2 saturated heterocycles. The predicted molar refractivity (Wildman–Crippen MR) is 129 cm³/mol. The molecule has 0 atom stereocenters. The number of benzene rings is 2. The molecule has 2 heterocycles. The average molecular weight is 475 g/mol. The van der Waals surface area contributed by atoms with Crippen LogP contribution >= 0.6 is 0 Å². The van der Waals surface area contributed by atoms with Gasteiger partial charge in [0.05, 0.1) is 5.56 Å². The molecule has 4 rings (SSSR count). The van der Waals surface area contributed by atoms with Crippen molar-refractivity contribution in [2.45, 2.75) is 38.4 Å². The lowest BCUT2D eigenvalue weighted by Crippen LogP contribution is -2.48. The first-order chi connectivity index (χ1) is 16.3. The molecule has 0 aromatic heterocycles. The minimum Gasteiger partial charge on any atom is -0.382 e. The topological polar surface area (TPSA) is 38.8 Å². The maximum atomic E-state index is 12.8. The normalized spacial score (nSPS) is 18.2. The minimum absolute atomic E-state index is 0.207. The molecule has 8 heteroatoms. The lowest BCUT2D eigenvalue weighted by molar-refractivity contribution is -0.137. The van der Waals surface area contributed by atoms with Gasteiger partial charge in [0, 0.05) is 69.7 Å². The smallest absolute Gasteiger partial charge is 0.382 e. The van der Waals surface area contributed by atoms with Crippen molar-refractivity contribution < 1.29 is 18.0 Å². The van der Waals surface area contributed by atoms with Crippen LogP contribution in [0, 0.1) is 6.92 Å². The summed E-state index contributed by atoms with van der Waals surface area (Å²) in [5.41, 5.74) is 2.56. The fraction of sp³-hybridized carbons (Fsp3) is 0.500. The number of piperidine rings is 1. The van der Waals surface area contributed by atoms with Crippen LogP contribution in [-0.4, -0.2) is 67.6 Å². The third-order valence-electron chi connectivity index (χ3n) is 6.84. The number of amides is 1. The number of rotatable bonds is 6. The molecule has 2 aromatic rings. The van der Waals surface area contributed by atoms with Crippen LogP contribution in [0.15, 0.2) is 48.5 Å². The van der Waals surface area contributed by atoms with Crippen LogP contribution in [0.2, 0.25) is 0 Å². The number of alkyl halides is 3. The Kier molecular flexibility index (Phi) is 7.66. The van der Waals surface area contributed by atoms with Crippen molar-refractivity contribution in [3.8, 4) is 0 Å². The van der Waals surface area contributed by atoms with Gasteiger partial charge in [0.25, 0.3) is 0 Å². The molecule has 34 heavy (non-hydrogen) atoms. The van der Waals surface area contributed by atoms with Gasteiger partial charge in [-0.1, -0.05) is 17.7 Å². The van der Waals surface area contributed by atoms with Crippen molar-refractivity contribution in [2.24, 2.45) is 0 Å². The molecule has 1 amide bonds. The number of carbonyl (C=O) groups is 1. The van der Waals surface area contributed by atoms with Gasteiger partial charge in [0.15, 0.2) is 0 Å². The number of piperazine rings is 1. The van der Waals surface area contributed by atoms with E-state index < -0.39 is 11.7 Å². The Bertz CT molecular complexity index is 930. The lowest BCUT2D eigenvalue weighted by Gasteiger charge is -2.37. The molecule has 2 aromatic carbocycles. The van der Waals surface area contributed by atoms with Gasteiger partial charge in [-0.05, 0) is 56.2 Å². The molecule has 0 aliphatic carbocycles. The molecule has 0 radical (unpaired) electrons. The highest BCUT2D eigenvalue weighted by molar-refractivity contribution is 5.76.